The third kappa shape index (κ3) is 2.96. The van der Waals surface area contributed by atoms with Crippen LogP contribution in [0, 0.1) is 5.92 Å². The Bertz CT molecular complexity index is 495. The van der Waals surface area contributed by atoms with Gasteiger partial charge < -0.3 is 0 Å². The van der Waals surface area contributed by atoms with Crippen molar-refractivity contribution in [3.05, 3.63) is 30.0 Å². The average Bonchev–Trinajstić information content (AvgIpc) is 2.67. The largest absolute Gasteiger partial charge is 0.268 e. The number of hydrogen-bond acceptors (Lipinski definition) is 2. The molecule has 4 heteroatoms. The zero-order valence-corrected chi connectivity index (χ0v) is 11.8. The van der Waals surface area contributed by atoms with Crippen LogP contribution in [-0.2, 0) is 12.8 Å². The summed E-state index contributed by atoms with van der Waals surface area (Å²) in [6.07, 6.45) is 0. The van der Waals surface area contributed by atoms with Gasteiger partial charge in [0.1, 0.15) is 0 Å². The maximum atomic E-state index is 5.80. The maximum Gasteiger partial charge on any atom is 0.0802 e. The Kier molecular flexibility index (Phi) is 4.35. The highest BCUT2D eigenvalue weighted by Gasteiger charge is 2.08. The van der Waals surface area contributed by atoms with Gasteiger partial charge in [0.25, 0.3) is 0 Å². The van der Waals surface area contributed by atoms with Gasteiger partial charge >= 0.3 is 0 Å². The second-order valence-electron chi connectivity index (χ2n) is 4.36. The zero-order valence-electron chi connectivity index (χ0n) is 10.2. The molecule has 1 unspecified atom stereocenters. The predicted octanol–water partition coefficient (Wildman–Crippen LogP) is 3.68. The number of fused-ring (bicyclic) bond motifs is 1. The van der Waals surface area contributed by atoms with E-state index >= 15 is 0 Å². The van der Waals surface area contributed by atoms with Gasteiger partial charge in [0.2, 0.25) is 0 Å². The molecule has 17 heavy (non-hydrogen) atoms. The number of nitrogens with zero attached hydrogens (tertiary/aromatic N) is 2. The molecule has 0 spiro atoms. The molecule has 1 aromatic carbocycles. The molecule has 0 amide bonds. The summed E-state index contributed by atoms with van der Waals surface area (Å²) in [7, 11) is 2.00. The highest BCUT2D eigenvalue weighted by Crippen LogP contribution is 2.22. The zero-order chi connectivity index (χ0) is 12.3. The van der Waals surface area contributed by atoms with Crippen LogP contribution < -0.4 is 0 Å². The minimum absolute atomic E-state index is 0.566. The van der Waals surface area contributed by atoms with Crippen LogP contribution in [0.15, 0.2) is 24.3 Å². The molecule has 0 aliphatic heterocycles. The summed E-state index contributed by atoms with van der Waals surface area (Å²) >= 11 is 7.71. The van der Waals surface area contributed by atoms with Gasteiger partial charge in [-0.1, -0.05) is 25.1 Å². The molecule has 1 aromatic heterocycles. The number of alkyl halides is 1. The van der Waals surface area contributed by atoms with Gasteiger partial charge in [0, 0.05) is 24.1 Å². The van der Waals surface area contributed by atoms with Gasteiger partial charge in [0.05, 0.1) is 11.2 Å². The van der Waals surface area contributed by atoms with Crippen LogP contribution >= 0.6 is 23.4 Å². The molecule has 0 radical (unpaired) electrons. The van der Waals surface area contributed by atoms with Crippen molar-refractivity contribution in [2.75, 3.05) is 11.6 Å². The van der Waals surface area contributed by atoms with Crippen molar-refractivity contribution in [1.82, 2.24) is 9.78 Å². The van der Waals surface area contributed by atoms with Crippen molar-refractivity contribution in [3.63, 3.8) is 0 Å². The fourth-order valence-electron chi connectivity index (χ4n) is 1.80. The quantitative estimate of drug-likeness (QED) is 0.770. The first kappa shape index (κ1) is 12.8. The maximum absolute atomic E-state index is 5.80. The van der Waals surface area contributed by atoms with Crippen LogP contribution in [0.1, 0.15) is 12.6 Å². The van der Waals surface area contributed by atoms with Gasteiger partial charge in [-0.25, -0.2) is 0 Å². The summed E-state index contributed by atoms with van der Waals surface area (Å²) in [6.45, 7) is 2.18. The highest BCUT2D eigenvalue weighted by atomic mass is 35.5. The molecular formula is C13H17ClN2S. The molecule has 0 aliphatic carbocycles. The third-order valence-corrected chi connectivity index (χ3v) is 4.55. The van der Waals surface area contributed by atoms with Gasteiger partial charge in [-0.05, 0) is 17.7 Å². The van der Waals surface area contributed by atoms with Crippen LogP contribution in [0.3, 0.4) is 0 Å². The lowest BCUT2D eigenvalue weighted by atomic mass is 10.2. The van der Waals surface area contributed by atoms with E-state index in [-0.39, 0.29) is 0 Å². The number of thioether (sulfide) groups is 1. The average molecular weight is 269 g/mol. The van der Waals surface area contributed by atoms with Gasteiger partial charge in [-0.15, -0.1) is 11.6 Å². The van der Waals surface area contributed by atoms with Crippen LogP contribution in [0.5, 0.6) is 0 Å². The number of aromatic nitrogens is 2. The molecule has 2 nitrogen and oxygen atoms in total. The topological polar surface area (TPSA) is 17.8 Å². The lowest BCUT2D eigenvalue weighted by Crippen LogP contribution is -2.00. The van der Waals surface area contributed by atoms with Crippen LogP contribution in [0.2, 0.25) is 0 Å². The minimum Gasteiger partial charge on any atom is -0.268 e. The van der Waals surface area contributed by atoms with Crippen LogP contribution in [-0.4, -0.2) is 21.4 Å². The molecule has 0 N–H and O–H groups in total. The van der Waals surface area contributed by atoms with E-state index in [1.54, 1.807) is 0 Å². The minimum atomic E-state index is 0.566. The Morgan fingerprint density at radius 1 is 1.41 bits per heavy atom. The second kappa shape index (κ2) is 5.78. The number of para-hydroxylation sites is 1. The van der Waals surface area contributed by atoms with Gasteiger partial charge in [0.15, 0.2) is 0 Å². The first-order valence-electron chi connectivity index (χ1n) is 5.76. The molecule has 2 rings (SSSR count). The molecule has 0 saturated carbocycles. The number of rotatable bonds is 5. The van der Waals surface area contributed by atoms with E-state index in [4.69, 9.17) is 11.6 Å². The molecule has 0 fully saturated rings. The molecule has 1 heterocycles. The van der Waals surface area contributed by atoms with Crippen LogP contribution in [0.4, 0.5) is 0 Å². The summed E-state index contributed by atoms with van der Waals surface area (Å²) in [5.41, 5.74) is 2.38. The van der Waals surface area contributed by atoms with E-state index < -0.39 is 0 Å². The molecule has 92 valence electrons. The van der Waals surface area contributed by atoms with E-state index in [9.17, 15) is 0 Å². The first-order valence-corrected chi connectivity index (χ1v) is 7.45. The third-order valence-electron chi connectivity index (χ3n) is 2.74. The van der Waals surface area contributed by atoms with Crippen LogP contribution in [0.25, 0.3) is 10.9 Å². The fraction of sp³-hybridized carbons (Fsp3) is 0.462. The highest BCUT2D eigenvalue weighted by molar-refractivity contribution is 7.98. The normalized spacial score (nSPS) is 13.1. The molecule has 0 bridgehead atoms. The number of aryl methyl sites for hydroxylation is 1. The monoisotopic (exact) mass is 268 g/mol. The molecule has 1 atom stereocenters. The standard InChI is InChI=1S/C13H17ClN2S/c1-10(7-14)8-17-9-12-11-5-3-4-6-13(11)16(2)15-12/h3-6,10H,7-9H2,1-2H3. The second-order valence-corrected chi connectivity index (χ2v) is 5.70. The molecule has 0 aliphatic rings. The summed E-state index contributed by atoms with van der Waals surface area (Å²) < 4.78 is 1.95. The van der Waals surface area contributed by atoms with Gasteiger partial charge in [-0.2, -0.15) is 16.9 Å². The Hall–Kier alpha value is -0.670. The van der Waals surface area contributed by atoms with E-state index in [1.165, 1.54) is 16.6 Å². The van der Waals surface area contributed by atoms with Crippen molar-refractivity contribution in [2.45, 2.75) is 12.7 Å². The Labute approximate surface area is 111 Å². The summed E-state index contributed by atoms with van der Waals surface area (Å²) in [4.78, 5) is 0. The Morgan fingerprint density at radius 2 is 2.18 bits per heavy atom. The van der Waals surface area contributed by atoms with Crippen molar-refractivity contribution in [3.8, 4) is 0 Å². The van der Waals surface area contributed by atoms with Gasteiger partial charge in [-0.3, -0.25) is 4.68 Å². The van der Waals surface area contributed by atoms with Crippen molar-refractivity contribution in [1.29, 1.82) is 0 Å². The molecule has 2 aromatic rings. The summed E-state index contributed by atoms with van der Waals surface area (Å²) in [5.74, 6) is 3.35. The van der Waals surface area contributed by atoms with Crippen molar-refractivity contribution in [2.24, 2.45) is 13.0 Å². The predicted molar refractivity (Wildman–Crippen MR) is 76.8 cm³/mol. The fourth-order valence-corrected chi connectivity index (χ4v) is 3.08. The molecular weight excluding hydrogens is 252 g/mol. The summed E-state index contributed by atoms with van der Waals surface area (Å²) in [5, 5.41) is 5.84. The molecule has 0 saturated heterocycles. The SMILES string of the molecule is CC(CCl)CSCc1nn(C)c2ccccc12. The lowest BCUT2D eigenvalue weighted by Gasteiger charge is -2.05. The van der Waals surface area contributed by atoms with E-state index in [1.807, 2.05) is 23.5 Å². The van der Waals surface area contributed by atoms with E-state index in [0.29, 0.717) is 5.92 Å². The number of halogens is 1. The Morgan fingerprint density at radius 3 is 2.94 bits per heavy atom. The number of hydrogen-bond donors (Lipinski definition) is 0. The van der Waals surface area contributed by atoms with Crippen molar-refractivity contribution < 1.29 is 0 Å². The number of benzene rings is 1. The van der Waals surface area contributed by atoms with E-state index in [2.05, 4.69) is 36.3 Å². The van der Waals surface area contributed by atoms with E-state index in [0.717, 1.165) is 17.4 Å². The summed E-state index contributed by atoms with van der Waals surface area (Å²) in [6, 6.07) is 8.37. The van der Waals surface area contributed by atoms with Crippen molar-refractivity contribution >= 4 is 34.3 Å². The first-order chi connectivity index (χ1) is 8.22. The smallest absolute Gasteiger partial charge is 0.0802 e. The lowest BCUT2D eigenvalue weighted by molar-refractivity contribution is 0.757. The Balaban J connectivity index is 2.09.